The number of nitrogens with zero attached hydrogens (tertiary/aromatic N) is 2. The lowest BCUT2D eigenvalue weighted by Crippen LogP contribution is -2.40. The highest BCUT2D eigenvalue weighted by molar-refractivity contribution is 7.07. The van der Waals surface area contributed by atoms with Crippen LogP contribution in [0.25, 0.3) is 6.08 Å². The average Bonchev–Trinajstić information content (AvgIpc) is 3.12. The molecule has 0 spiro atoms. The lowest BCUT2D eigenvalue weighted by Gasteiger charge is -2.25. The van der Waals surface area contributed by atoms with E-state index in [0.29, 0.717) is 26.4 Å². The minimum absolute atomic E-state index is 0.227. The van der Waals surface area contributed by atoms with Crippen LogP contribution in [0.5, 0.6) is 11.5 Å². The lowest BCUT2D eigenvalue weighted by molar-refractivity contribution is -0.143. The molecule has 0 amide bonds. The number of hydrogen-bond acceptors (Lipinski definition) is 7. The Morgan fingerprint density at radius 3 is 2.44 bits per heavy atom. The monoisotopic (exact) mass is 478 g/mol. The predicted octanol–water partition coefficient (Wildman–Crippen LogP) is 3.20. The fourth-order valence-corrected chi connectivity index (χ4v) is 4.89. The van der Waals surface area contributed by atoms with Gasteiger partial charge >= 0.3 is 5.97 Å². The molecule has 0 saturated heterocycles. The quantitative estimate of drug-likeness (QED) is 0.509. The summed E-state index contributed by atoms with van der Waals surface area (Å²) < 4.78 is 18.2. The lowest BCUT2D eigenvalue weighted by atomic mass is 9.95. The zero-order valence-corrected chi connectivity index (χ0v) is 20.5. The van der Waals surface area contributed by atoms with E-state index in [9.17, 15) is 9.59 Å². The molecule has 34 heavy (non-hydrogen) atoms. The van der Waals surface area contributed by atoms with Gasteiger partial charge in [0, 0.05) is 0 Å². The maximum absolute atomic E-state index is 13.6. The summed E-state index contributed by atoms with van der Waals surface area (Å²) in [7, 11) is 3.18. The maximum Gasteiger partial charge on any atom is 0.338 e. The van der Waals surface area contributed by atoms with Crippen molar-refractivity contribution in [2.24, 2.45) is 4.99 Å². The van der Waals surface area contributed by atoms with Gasteiger partial charge in [-0.2, -0.15) is 0 Å². The van der Waals surface area contributed by atoms with E-state index >= 15 is 0 Å². The first kappa shape index (κ1) is 23.5. The number of ether oxygens (including phenoxy) is 3. The summed E-state index contributed by atoms with van der Waals surface area (Å²) >= 11 is 1.29. The van der Waals surface area contributed by atoms with Crippen LogP contribution in [0.3, 0.4) is 0 Å². The summed E-state index contributed by atoms with van der Waals surface area (Å²) in [6.45, 7) is 5.35. The number of carbonyl (C=O) groups excluding carboxylic acids is 1. The van der Waals surface area contributed by atoms with Gasteiger partial charge in [-0.15, -0.1) is 0 Å². The van der Waals surface area contributed by atoms with E-state index in [4.69, 9.17) is 14.2 Å². The van der Waals surface area contributed by atoms with Crippen LogP contribution >= 0.6 is 11.3 Å². The Labute approximate surface area is 201 Å². The zero-order valence-electron chi connectivity index (χ0n) is 19.7. The van der Waals surface area contributed by atoms with Crippen molar-refractivity contribution in [3.8, 4) is 11.5 Å². The number of fused-ring (bicyclic) bond motifs is 1. The van der Waals surface area contributed by atoms with Gasteiger partial charge in [0.25, 0.3) is 5.56 Å². The molecule has 8 heteroatoms. The van der Waals surface area contributed by atoms with Crippen LogP contribution in [-0.2, 0) is 9.53 Å². The zero-order chi connectivity index (χ0) is 24.4. The van der Waals surface area contributed by atoms with Crippen molar-refractivity contribution in [3.63, 3.8) is 0 Å². The summed E-state index contributed by atoms with van der Waals surface area (Å²) in [5, 5.41) is 0. The maximum atomic E-state index is 13.6. The fourth-order valence-electron chi connectivity index (χ4n) is 3.84. The highest BCUT2D eigenvalue weighted by Crippen LogP contribution is 2.32. The van der Waals surface area contributed by atoms with Crippen molar-refractivity contribution in [2.75, 3.05) is 14.2 Å². The van der Waals surface area contributed by atoms with E-state index in [2.05, 4.69) is 4.99 Å². The number of rotatable bonds is 6. The number of thiazole rings is 1. The van der Waals surface area contributed by atoms with Gasteiger partial charge in [-0.1, -0.05) is 35.6 Å². The summed E-state index contributed by atoms with van der Waals surface area (Å²) in [6, 6.07) is 14.1. The molecule has 0 fully saturated rings. The molecule has 2 aromatic carbocycles. The third-order valence-electron chi connectivity index (χ3n) is 5.41. The molecule has 176 valence electrons. The van der Waals surface area contributed by atoms with Crippen LogP contribution in [0.4, 0.5) is 0 Å². The number of allylic oxidation sites excluding steroid dienone is 1. The van der Waals surface area contributed by atoms with Crippen molar-refractivity contribution in [1.29, 1.82) is 0 Å². The molecular weight excluding hydrogens is 452 g/mol. The van der Waals surface area contributed by atoms with Gasteiger partial charge in [0.1, 0.15) is 11.5 Å². The standard InChI is InChI=1S/C26H26N2O5S/c1-15(2)33-25(30)22-16(3)27-26-28(23(22)18-7-6-8-20(14-18)32-5)24(29)21(34-26)13-17-9-11-19(31-4)12-10-17/h6-15,23H,1-5H3/b21-13+/t23-/m1/s1. The van der Waals surface area contributed by atoms with E-state index in [1.807, 2.05) is 54.6 Å². The minimum atomic E-state index is -0.685. The van der Waals surface area contributed by atoms with Gasteiger partial charge in [-0.05, 0) is 62.2 Å². The molecule has 1 aliphatic rings. The van der Waals surface area contributed by atoms with Crippen molar-refractivity contribution in [1.82, 2.24) is 4.57 Å². The first-order valence-electron chi connectivity index (χ1n) is 10.8. The van der Waals surface area contributed by atoms with Gasteiger partial charge in [0.15, 0.2) is 4.80 Å². The largest absolute Gasteiger partial charge is 0.497 e. The minimum Gasteiger partial charge on any atom is -0.497 e. The van der Waals surface area contributed by atoms with Gasteiger partial charge in [0.2, 0.25) is 0 Å². The highest BCUT2D eigenvalue weighted by atomic mass is 32.1. The van der Waals surface area contributed by atoms with Crippen molar-refractivity contribution >= 4 is 23.4 Å². The molecule has 1 aliphatic heterocycles. The number of esters is 1. The van der Waals surface area contributed by atoms with Crippen LogP contribution in [0.2, 0.25) is 0 Å². The molecular formula is C26H26N2O5S. The normalized spacial score (nSPS) is 15.7. The number of carbonyl (C=O) groups is 1. The molecule has 4 rings (SSSR count). The third-order valence-corrected chi connectivity index (χ3v) is 6.39. The number of hydrogen-bond donors (Lipinski definition) is 0. The summed E-state index contributed by atoms with van der Waals surface area (Å²) in [5.41, 5.74) is 2.23. The molecule has 7 nitrogen and oxygen atoms in total. The first-order chi connectivity index (χ1) is 16.3. The predicted molar refractivity (Wildman–Crippen MR) is 131 cm³/mol. The Hall–Kier alpha value is -3.65. The third kappa shape index (κ3) is 4.54. The Bertz CT molecular complexity index is 1430. The summed E-state index contributed by atoms with van der Waals surface area (Å²) in [4.78, 5) is 31.9. The van der Waals surface area contributed by atoms with E-state index in [-0.39, 0.29) is 11.7 Å². The van der Waals surface area contributed by atoms with Crippen molar-refractivity contribution in [3.05, 3.63) is 90.6 Å². The van der Waals surface area contributed by atoms with Crippen LogP contribution < -0.4 is 24.4 Å². The van der Waals surface area contributed by atoms with Crippen LogP contribution in [0.1, 0.15) is 37.9 Å². The van der Waals surface area contributed by atoms with Gasteiger partial charge in [-0.25, -0.2) is 9.79 Å². The van der Waals surface area contributed by atoms with Gasteiger partial charge in [0.05, 0.1) is 42.2 Å². The smallest absolute Gasteiger partial charge is 0.338 e. The molecule has 3 aromatic rings. The molecule has 1 atom stereocenters. The molecule has 0 bridgehead atoms. The molecule has 0 N–H and O–H groups in total. The molecule has 2 heterocycles. The van der Waals surface area contributed by atoms with Crippen LogP contribution in [-0.4, -0.2) is 30.9 Å². The Kier molecular flexibility index (Phi) is 6.70. The Balaban J connectivity index is 1.92. The number of aromatic nitrogens is 1. The second kappa shape index (κ2) is 9.69. The Morgan fingerprint density at radius 2 is 1.79 bits per heavy atom. The second-order valence-electron chi connectivity index (χ2n) is 8.09. The van der Waals surface area contributed by atoms with Crippen molar-refractivity contribution in [2.45, 2.75) is 32.9 Å². The average molecular weight is 479 g/mol. The second-order valence-corrected chi connectivity index (χ2v) is 9.09. The van der Waals surface area contributed by atoms with E-state index in [0.717, 1.165) is 16.9 Å². The molecule has 0 radical (unpaired) electrons. The summed E-state index contributed by atoms with van der Waals surface area (Å²) in [6.07, 6.45) is 1.51. The Morgan fingerprint density at radius 1 is 1.09 bits per heavy atom. The van der Waals surface area contributed by atoms with Crippen molar-refractivity contribution < 1.29 is 19.0 Å². The molecule has 1 aromatic heterocycles. The molecule has 0 aliphatic carbocycles. The van der Waals surface area contributed by atoms with Gasteiger partial charge in [-0.3, -0.25) is 9.36 Å². The van der Waals surface area contributed by atoms with E-state index in [1.54, 1.807) is 39.6 Å². The van der Waals surface area contributed by atoms with Crippen LogP contribution in [0.15, 0.2) is 69.6 Å². The van der Waals surface area contributed by atoms with Crippen LogP contribution in [0, 0.1) is 0 Å². The van der Waals surface area contributed by atoms with Gasteiger partial charge < -0.3 is 14.2 Å². The molecule has 0 unspecified atom stereocenters. The summed E-state index contributed by atoms with van der Waals surface area (Å²) in [5.74, 6) is 0.873. The number of methoxy groups -OCH3 is 2. The fraction of sp³-hybridized carbons (Fsp3) is 0.269. The van der Waals surface area contributed by atoms with E-state index in [1.165, 1.54) is 11.3 Å². The topological polar surface area (TPSA) is 79.1 Å². The molecule has 0 saturated carbocycles. The SMILES string of the molecule is COc1ccc(/C=c2/sc3n(c2=O)[C@H](c2cccc(OC)c2)C(C(=O)OC(C)C)=C(C)N=3)cc1. The highest BCUT2D eigenvalue weighted by Gasteiger charge is 2.34. The first-order valence-corrected chi connectivity index (χ1v) is 11.7. The number of benzene rings is 2. The van der Waals surface area contributed by atoms with E-state index < -0.39 is 12.0 Å².